The van der Waals surface area contributed by atoms with Crippen LogP contribution in [0, 0.1) is 0 Å². The van der Waals surface area contributed by atoms with Crippen molar-refractivity contribution in [3.8, 4) is 5.75 Å². The molecule has 4 aromatic rings. The van der Waals surface area contributed by atoms with Gasteiger partial charge in [-0.25, -0.2) is 13.4 Å². The van der Waals surface area contributed by atoms with Gasteiger partial charge in [-0.15, -0.1) is 0 Å². The third kappa shape index (κ3) is 5.40. The number of amides is 1. The van der Waals surface area contributed by atoms with E-state index >= 15 is 0 Å². The van der Waals surface area contributed by atoms with Crippen molar-refractivity contribution in [1.29, 1.82) is 0 Å². The summed E-state index contributed by atoms with van der Waals surface area (Å²) in [7, 11) is -2.06. The molecule has 1 fully saturated rings. The molecule has 0 radical (unpaired) electrons. The van der Waals surface area contributed by atoms with Gasteiger partial charge in [-0.1, -0.05) is 41.8 Å². The van der Waals surface area contributed by atoms with Crippen molar-refractivity contribution in [3.63, 3.8) is 0 Å². The SMILES string of the molecule is COc1ccc(Cl)c2sc(N(Cc3cccnc3)C(=O)c3ccc(S(=O)(=O)N4CCCCCC4)cc3)nc12. The van der Waals surface area contributed by atoms with Gasteiger partial charge < -0.3 is 4.74 Å². The number of carbonyl (C=O) groups is 1. The molecule has 0 bridgehead atoms. The number of methoxy groups -OCH3 is 1. The van der Waals surface area contributed by atoms with Crippen molar-refractivity contribution in [2.24, 2.45) is 0 Å². The first-order valence-electron chi connectivity index (χ1n) is 12.3. The number of hydrogen-bond donors (Lipinski definition) is 0. The molecule has 1 aliphatic rings. The highest BCUT2D eigenvalue weighted by atomic mass is 35.5. The lowest BCUT2D eigenvalue weighted by Crippen LogP contribution is -2.32. The molecule has 2 aromatic carbocycles. The van der Waals surface area contributed by atoms with E-state index in [4.69, 9.17) is 21.3 Å². The number of rotatable bonds is 7. The molecule has 198 valence electrons. The Morgan fingerprint density at radius 1 is 1.08 bits per heavy atom. The van der Waals surface area contributed by atoms with Gasteiger partial charge in [-0.2, -0.15) is 4.31 Å². The number of thiazole rings is 1. The number of nitrogens with zero attached hydrogens (tertiary/aromatic N) is 4. The number of hydrogen-bond acceptors (Lipinski definition) is 7. The standard InChI is InChI=1S/C27H27ClN4O4S2/c1-36-23-13-12-22(28)25-24(23)30-27(37-25)32(18-19-7-6-14-29-17-19)26(33)20-8-10-21(11-9-20)38(34,35)31-15-4-2-3-5-16-31/h6-14,17H,2-5,15-16,18H2,1H3. The van der Waals surface area contributed by atoms with Crippen molar-refractivity contribution in [2.45, 2.75) is 37.1 Å². The van der Waals surface area contributed by atoms with Crippen molar-refractivity contribution >= 4 is 54.2 Å². The van der Waals surface area contributed by atoms with Gasteiger partial charge in [0.1, 0.15) is 11.3 Å². The first-order chi connectivity index (χ1) is 18.4. The van der Waals surface area contributed by atoms with Crippen LogP contribution in [0.1, 0.15) is 41.6 Å². The van der Waals surface area contributed by atoms with Crippen molar-refractivity contribution in [2.75, 3.05) is 25.1 Å². The van der Waals surface area contributed by atoms with Gasteiger partial charge in [0.05, 0.1) is 28.3 Å². The van der Waals surface area contributed by atoms with Crippen LogP contribution in [0.5, 0.6) is 5.75 Å². The van der Waals surface area contributed by atoms with E-state index in [9.17, 15) is 13.2 Å². The number of aromatic nitrogens is 2. The van der Waals surface area contributed by atoms with E-state index in [1.54, 1.807) is 59.0 Å². The minimum atomic E-state index is -3.62. The summed E-state index contributed by atoms with van der Waals surface area (Å²) in [5.41, 5.74) is 1.74. The third-order valence-electron chi connectivity index (χ3n) is 6.51. The van der Waals surface area contributed by atoms with Gasteiger partial charge in [-0.05, 0) is 60.9 Å². The van der Waals surface area contributed by atoms with E-state index in [1.807, 2.05) is 6.07 Å². The lowest BCUT2D eigenvalue weighted by Gasteiger charge is -2.21. The summed E-state index contributed by atoms with van der Waals surface area (Å²) in [6.07, 6.45) is 7.15. The van der Waals surface area contributed by atoms with Gasteiger partial charge in [0, 0.05) is 31.0 Å². The van der Waals surface area contributed by atoms with Gasteiger partial charge in [-0.3, -0.25) is 14.7 Å². The third-order valence-corrected chi connectivity index (χ3v) is 9.96. The highest BCUT2D eigenvalue weighted by Gasteiger charge is 2.27. The fourth-order valence-electron chi connectivity index (χ4n) is 4.48. The lowest BCUT2D eigenvalue weighted by molar-refractivity contribution is 0.0985. The highest BCUT2D eigenvalue weighted by Crippen LogP contribution is 2.39. The minimum absolute atomic E-state index is 0.186. The number of benzene rings is 2. The highest BCUT2D eigenvalue weighted by molar-refractivity contribution is 7.89. The lowest BCUT2D eigenvalue weighted by atomic mass is 10.2. The average molecular weight is 571 g/mol. The van der Waals surface area contributed by atoms with Gasteiger partial charge in [0.15, 0.2) is 5.13 Å². The Kier molecular flexibility index (Phi) is 7.94. The summed E-state index contributed by atoms with van der Waals surface area (Å²) < 4.78 is 34.1. The van der Waals surface area contributed by atoms with E-state index in [2.05, 4.69) is 4.98 Å². The molecule has 3 heterocycles. The zero-order valence-corrected chi connectivity index (χ0v) is 23.2. The van der Waals surface area contributed by atoms with Crippen LogP contribution in [0.2, 0.25) is 5.02 Å². The molecule has 2 aromatic heterocycles. The fourth-order valence-corrected chi connectivity index (χ4v) is 7.25. The quantitative estimate of drug-likeness (QED) is 0.280. The number of ether oxygens (including phenoxy) is 1. The van der Waals surface area contributed by atoms with E-state index in [0.717, 1.165) is 31.2 Å². The second kappa shape index (κ2) is 11.4. The number of anilines is 1. The molecule has 0 spiro atoms. The summed E-state index contributed by atoms with van der Waals surface area (Å²) in [5, 5.41) is 0.961. The second-order valence-electron chi connectivity index (χ2n) is 9.02. The van der Waals surface area contributed by atoms with E-state index in [1.165, 1.54) is 23.5 Å². The van der Waals surface area contributed by atoms with Crippen LogP contribution in [0.25, 0.3) is 10.2 Å². The summed E-state index contributed by atoms with van der Waals surface area (Å²) >= 11 is 7.73. The van der Waals surface area contributed by atoms with Crippen LogP contribution in [0.4, 0.5) is 5.13 Å². The minimum Gasteiger partial charge on any atom is -0.494 e. The molecule has 8 nitrogen and oxygen atoms in total. The number of halogens is 1. The molecule has 1 aliphatic heterocycles. The first-order valence-corrected chi connectivity index (χ1v) is 15.0. The molecule has 0 aliphatic carbocycles. The summed E-state index contributed by atoms with van der Waals surface area (Å²) in [5.74, 6) is 0.241. The molecule has 5 rings (SSSR count). The second-order valence-corrected chi connectivity index (χ2v) is 12.3. The summed E-state index contributed by atoms with van der Waals surface area (Å²) in [6.45, 7) is 1.26. The summed E-state index contributed by atoms with van der Waals surface area (Å²) in [6, 6.07) is 13.3. The number of carbonyl (C=O) groups excluding carboxylic acids is 1. The maximum atomic E-state index is 13.8. The van der Waals surface area contributed by atoms with Crippen LogP contribution < -0.4 is 9.64 Å². The number of sulfonamides is 1. The van der Waals surface area contributed by atoms with E-state index < -0.39 is 10.0 Å². The van der Waals surface area contributed by atoms with Gasteiger partial charge in [0.25, 0.3) is 5.91 Å². The molecule has 38 heavy (non-hydrogen) atoms. The molecule has 0 N–H and O–H groups in total. The fraction of sp³-hybridized carbons (Fsp3) is 0.296. The Morgan fingerprint density at radius 3 is 2.47 bits per heavy atom. The Bertz CT molecular complexity index is 1530. The molecule has 1 amide bonds. The van der Waals surface area contributed by atoms with E-state index in [-0.39, 0.29) is 17.3 Å². The molecule has 0 saturated carbocycles. The van der Waals surface area contributed by atoms with E-state index in [0.29, 0.717) is 44.8 Å². The molecular weight excluding hydrogens is 544 g/mol. The Balaban J connectivity index is 1.49. The first kappa shape index (κ1) is 26.6. The zero-order valence-electron chi connectivity index (χ0n) is 20.8. The smallest absolute Gasteiger partial charge is 0.260 e. The van der Waals surface area contributed by atoms with Crippen molar-refractivity contribution in [1.82, 2.24) is 14.3 Å². The maximum Gasteiger partial charge on any atom is 0.260 e. The van der Waals surface area contributed by atoms with Crippen LogP contribution >= 0.6 is 22.9 Å². The molecule has 1 saturated heterocycles. The molecule has 11 heteroatoms. The number of fused-ring (bicyclic) bond motifs is 1. The average Bonchev–Trinajstić information content (AvgIpc) is 3.20. The zero-order chi connectivity index (χ0) is 26.7. The monoisotopic (exact) mass is 570 g/mol. The maximum absolute atomic E-state index is 13.8. The van der Waals surface area contributed by atoms with Crippen LogP contribution in [-0.4, -0.2) is 48.8 Å². The molecule has 0 atom stereocenters. The topological polar surface area (TPSA) is 92.7 Å². The van der Waals surface area contributed by atoms with Crippen LogP contribution in [0.15, 0.2) is 65.8 Å². The predicted octanol–water partition coefficient (Wildman–Crippen LogP) is 5.77. The van der Waals surface area contributed by atoms with Crippen LogP contribution in [-0.2, 0) is 16.6 Å². The normalized spacial score (nSPS) is 14.8. The predicted molar refractivity (Wildman–Crippen MR) is 150 cm³/mol. The largest absolute Gasteiger partial charge is 0.494 e. The van der Waals surface area contributed by atoms with Crippen molar-refractivity contribution in [3.05, 3.63) is 77.1 Å². The van der Waals surface area contributed by atoms with Crippen molar-refractivity contribution < 1.29 is 17.9 Å². The Labute approximate surface area is 230 Å². The molecule has 0 unspecified atom stereocenters. The van der Waals surface area contributed by atoms with Gasteiger partial charge >= 0.3 is 0 Å². The molecular formula is C27H27ClN4O4S2. The Hall–Kier alpha value is -3.05. The van der Waals surface area contributed by atoms with Gasteiger partial charge in [0.2, 0.25) is 10.0 Å². The Morgan fingerprint density at radius 2 is 1.82 bits per heavy atom. The summed E-state index contributed by atoms with van der Waals surface area (Å²) in [4.78, 5) is 24.4. The number of pyridine rings is 1. The van der Waals surface area contributed by atoms with Crippen LogP contribution in [0.3, 0.4) is 0 Å².